The van der Waals surface area contributed by atoms with Gasteiger partial charge in [-0.3, -0.25) is 4.79 Å². The van der Waals surface area contributed by atoms with Crippen LogP contribution in [0.15, 0.2) is 24.3 Å². The van der Waals surface area contributed by atoms with Crippen molar-refractivity contribution in [2.75, 3.05) is 7.11 Å². The molecule has 0 heterocycles. The lowest BCUT2D eigenvalue weighted by Crippen LogP contribution is -2.29. The number of esters is 1. The van der Waals surface area contributed by atoms with Gasteiger partial charge in [-0.25, -0.2) is 0 Å². The molecule has 0 amide bonds. The Morgan fingerprint density at radius 1 is 1.26 bits per heavy atom. The van der Waals surface area contributed by atoms with Gasteiger partial charge in [-0.2, -0.15) is 0 Å². The minimum absolute atomic E-state index is 0.0965. The van der Waals surface area contributed by atoms with Crippen LogP contribution in [0.3, 0.4) is 0 Å². The highest BCUT2D eigenvalue weighted by atomic mass is 16.6. The molecule has 3 heteroatoms. The molecular formula is C16H22O3. The second kappa shape index (κ2) is 4.55. The molecule has 19 heavy (non-hydrogen) atoms. The summed E-state index contributed by atoms with van der Waals surface area (Å²) < 4.78 is 10.6. The van der Waals surface area contributed by atoms with Gasteiger partial charge in [0.2, 0.25) is 0 Å². The van der Waals surface area contributed by atoms with Crippen LogP contribution in [0.2, 0.25) is 0 Å². The molecule has 0 bridgehead atoms. The first-order valence-corrected chi connectivity index (χ1v) is 6.64. The van der Waals surface area contributed by atoms with Crippen molar-refractivity contribution in [3.63, 3.8) is 0 Å². The molecule has 1 saturated carbocycles. The normalized spacial score (nSPS) is 25.8. The van der Waals surface area contributed by atoms with Crippen LogP contribution < -0.4 is 4.74 Å². The van der Waals surface area contributed by atoms with Gasteiger partial charge in [0.1, 0.15) is 11.4 Å². The summed E-state index contributed by atoms with van der Waals surface area (Å²) in [5.41, 5.74) is 0.379. The molecule has 104 valence electrons. The summed E-state index contributed by atoms with van der Waals surface area (Å²) in [5.74, 6) is 0.998. The van der Waals surface area contributed by atoms with E-state index in [-0.39, 0.29) is 17.3 Å². The molecule has 2 atom stereocenters. The van der Waals surface area contributed by atoms with E-state index in [4.69, 9.17) is 9.47 Å². The molecule has 2 rings (SSSR count). The van der Waals surface area contributed by atoms with Crippen molar-refractivity contribution in [3.8, 4) is 5.75 Å². The first-order chi connectivity index (χ1) is 8.76. The van der Waals surface area contributed by atoms with Crippen LogP contribution >= 0.6 is 0 Å². The molecule has 0 saturated heterocycles. The van der Waals surface area contributed by atoms with E-state index < -0.39 is 5.60 Å². The van der Waals surface area contributed by atoms with E-state index in [0.29, 0.717) is 0 Å². The number of benzene rings is 1. The Morgan fingerprint density at radius 2 is 1.84 bits per heavy atom. The average molecular weight is 262 g/mol. The lowest BCUT2D eigenvalue weighted by Gasteiger charge is -2.22. The van der Waals surface area contributed by atoms with E-state index in [2.05, 4.69) is 0 Å². The molecule has 0 aromatic heterocycles. The zero-order valence-electron chi connectivity index (χ0n) is 12.3. The molecule has 3 nitrogen and oxygen atoms in total. The molecule has 0 spiro atoms. The Balaban J connectivity index is 2.07. The zero-order valence-corrected chi connectivity index (χ0v) is 12.3. The lowest BCUT2D eigenvalue weighted by atomic mass is 10.0. The van der Waals surface area contributed by atoms with E-state index in [0.717, 1.165) is 12.2 Å². The molecule has 1 aromatic carbocycles. The minimum Gasteiger partial charge on any atom is -0.497 e. The van der Waals surface area contributed by atoms with Gasteiger partial charge >= 0.3 is 5.97 Å². The second-order valence-electron chi connectivity index (χ2n) is 6.45. The summed E-state index contributed by atoms with van der Waals surface area (Å²) in [6.07, 6.45) is 0.855. The molecule has 2 unspecified atom stereocenters. The third kappa shape index (κ3) is 2.91. The van der Waals surface area contributed by atoms with Gasteiger partial charge < -0.3 is 9.47 Å². The number of rotatable bonds is 3. The topological polar surface area (TPSA) is 35.5 Å². The van der Waals surface area contributed by atoms with Crippen molar-refractivity contribution in [3.05, 3.63) is 29.8 Å². The molecule has 1 fully saturated rings. The number of carbonyl (C=O) groups excluding carboxylic acids is 1. The Kier molecular flexibility index (Phi) is 3.33. The van der Waals surface area contributed by atoms with Crippen LogP contribution in [0.1, 0.15) is 45.6 Å². The number of methoxy groups -OCH3 is 1. The van der Waals surface area contributed by atoms with Crippen molar-refractivity contribution < 1.29 is 14.3 Å². The van der Waals surface area contributed by atoms with Gasteiger partial charge in [0.15, 0.2) is 0 Å². The SMILES string of the molecule is COc1ccc(C2CC2(C)C(=O)OC(C)(C)C)cc1. The molecule has 0 radical (unpaired) electrons. The number of hydrogen-bond acceptors (Lipinski definition) is 3. The Labute approximate surface area is 114 Å². The maximum atomic E-state index is 12.2. The fourth-order valence-corrected chi connectivity index (χ4v) is 2.31. The highest BCUT2D eigenvalue weighted by Gasteiger charge is 2.58. The summed E-state index contributed by atoms with van der Waals surface area (Å²) in [4.78, 5) is 12.2. The molecule has 0 aliphatic heterocycles. The van der Waals surface area contributed by atoms with Gasteiger partial charge in [-0.1, -0.05) is 12.1 Å². The maximum Gasteiger partial charge on any atom is 0.312 e. The van der Waals surface area contributed by atoms with Crippen LogP contribution in [-0.2, 0) is 9.53 Å². The van der Waals surface area contributed by atoms with Crippen LogP contribution in [0.5, 0.6) is 5.75 Å². The zero-order chi connectivity index (χ0) is 14.3. The minimum atomic E-state index is -0.423. The fourth-order valence-electron chi connectivity index (χ4n) is 2.31. The Hall–Kier alpha value is -1.51. The van der Waals surface area contributed by atoms with Crippen LogP contribution in [0.25, 0.3) is 0 Å². The predicted molar refractivity (Wildman–Crippen MR) is 74.3 cm³/mol. The third-order valence-electron chi connectivity index (χ3n) is 3.62. The van der Waals surface area contributed by atoms with Crippen molar-refractivity contribution in [2.45, 2.75) is 45.6 Å². The van der Waals surface area contributed by atoms with Crippen LogP contribution in [-0.4, -0.2) is 18.7 Å². The molecular weight excluding hydrogens is 240 g/mol. The number of ether oxygens (including phenoxy) is 2. The standard InChI is InChI=1S/C16H22O3/c1-15(2,3)19-14(17)16(4)10-13(16)11-6-8-12(18-5)9-7-11/h6-9,13H,10H2,1-5H3. The van der Waals surface area contributed by atoms with E-state index >= 15 is 0 Å². The average Bonchev–Trinajstić information content (AvgIpc) is 3.01. The summed E-state index contributed by atoms with van der Waals surface area (Å²) >= 11 is 0. The maximum absolute atomic E-state index is 12.2. The summed E-state index contributed by atoms with van der Waals surface area (Å²) in [7, 11) is 1.65. The van der Waals surface area contributed by atoms with Gasteiger partial charge in [-0.15, -0.1) is 0 Å². The van der Waals surface area contributed by atoms with Crippen LogP contribution in [0.4, 0.5) is 0 Å². The van der Waals surface area contributed by atoms with Crippen molar-refractivity contribution in [1.82, 2.24) is 0 Å². The van der Waals surface area contributed by atoms with Crippen molar-refractivity contribution in [2.24, 2.45) is 5.41 Å². The van der Waals surface area contributed by atoms with E-state index in [9.17, 15) is 4.79 Å². The first-order valence-electron chi connectivity index (χ1n) is 6.64. The highest BCUT2D eigenvalue weighted by Crippen LogP contribution is 2.60. The highest BCUT2D eigenvalue weighted by molar-refractivity contribution is 5.82. The second-order valence-corrected chi connectivity index (χ2v) is 6.45. The van der Waals surface area contributed by atoms with Crippen LogP contribution in [0, 0.1) is 5.41 Å². The summed E-state index contributed by atoms with van der Waals surface area (Å²) in [5, 5.41) is 0. The number of carbonyl (C=O) groups is 1. The predicted octanol–water partition coefficient (Wildman–Crippen LogP) is 3.53. The lowest BCUT2D eigenvalue weighted by molar-refractivity contribution is -0.161. The quantitative estimate of drug-likeness (QED) is 0.782. The number of hydrogen-bond donors (Lipinski definition) is 0. The van der Waals surface area contributed by atoms with Gasteiger partial charge in [-0.05, 0) is 51.8 Å². The molecule has 1 aromatic rings. The third-order valence-corrected chi connectivity index (χ3v) is 3.62. The van der Waals surface area contributed by atoms with Gasteiger partial charge in [0.05, 0.1) is 12.5 Å². The molecule has 1 aliphatic carbocycles. The smallest absolute Gasteiger partial charge is 0.312 e. The van der Waals surface area contributed by atoms with E-state index in [1.165, 1.54) is 5.56 Å². The van der Waals surface area contributed by atoms with Crippen molar-refractivity contribution in [1.29, 1.82) is 0 Å². The largest absolute Gasteiger partial charge is 0.497 e. The monoisotopic (exact) mass is 262 g/mol. The Morgan fingerprint density at radius 3 is 2.32 bits per heavy atom. The Bertz CT molecular complexity index is 470. The first kappa shape index (κ1) is 13.9. The molecule has 1 aliphatic rings. The van der Waals surface area contributed by atoms with Crippen molar-refractivity contribution >= 4 is 5.97 Å². The van der Waals surface area contributed by atoms with E-state index in [1.807, 2.05) is 52.0 Å². The van der Waals surface area contributed by atoms with E-state index in [1.54, 1.807) is 7.11 Å². The van der Waals surface area contributed by atoms with Gasteiger partial charge in [0, 0.05) is 5.92 Å². The van der Waals surface area contributed by atoms with Gasteiger partial charge in [0.25, 0.3) is 0 Å². The summed E-state index contributed by atoms with van der Waals surface area (Å²) in [6.45, 7) is 7.69. The summed E-state index contributed by atoms with van der Waals surface area (Å²) in [6, 6.07) is 7.92. The molecule has 0 N–H and O–H groups in total. The fraction of sp³-hybridized carbons (Fsp3) is 0.562.